The van der Waals surface area contributed by atoms with Crippen LogP contribution >= 0.6 is 11.8 Å². The molecule has 1 saturated carbocycles. The number of carbonyl (C=O) groups is 2. The highest BCUT2D eigenvalue weighted by Crippen LogP contribution is 2.33. The molecule has 1 aliphatic heterocycles. The molecule has 1 heterocycles. The number of hydrogen-bond acceptors (Lipinski definition) is 3. The lowest BCUT2D eigenvalue weighted by atomic mass is 9.99. The molecule has 1 aromatic carbocycles. The minimum absolute atomic E-state index is 0.232. The molecule has 2 aliphatic rings. The minimum atomic E-state index is 0.232. The molecule has 1 aromatic rings. The lowest BCUT2D eigenvalue weighted by molar-refractivity contribution is -0.129. The van der Waals surface area contributed by atoms with Crippen LogP contribution in [0.4, 0.5) is 0 Å². The molecule has 3 nitrogen and oxygen atoms in total. The number of Topliss-reactive ketones (excluding diaryl/α,β-unsaturated/α-hetero) is 1. The van der Waals surface area contributed by atoms with Crippen LogP contribution in [0.2, 0.25) is 0 Å². The van der Waals surface area contributed by atoms with Gasteiger partial charge in [0.1, 0.15) is 0 Å². The Morgan fingerprint density at radius 2 is 1.73 bits per heavy atom. The first-order chi connectivity index (χ1) is 10.6. The Hall–Kier alpha value is -1.29. The average Bonchev–Trinajstić information content (AvgIpc) is 3.38. The molecular formula is C18H23NO2S. The van der Waals surface area contributed by atoms with E-state index in [9.17, 15) is 9.59 Å². The summed E-state index contributed by atoms with van der Waals surface area (Å²) in [6.07, 6.45) is 4.32. The van der Waals surface area contributed by atoms with Crippen LogP contribution in [0.3, 0.4) is 0 Å². The molecular weight excluding hydrogens is 294 g/mol. The molecule has 0 N–H and O–H groups in total. The highest BCUT2D eigenvalue weighted by Gasteiger charge is 2.30. The molecule has 0 bridgehead atoms. The number of piperidine rings is 1. The van der Waals surface area contributed by atoms with Crippen molar-refractivity contribution in [1.82, 2.24) is 4.90 Å². The van der Waals surface area contributed by atoms with Crippen LogP contribution in [0, 0.1) is 11.8 Å². The second kappa shape index (κ2) is 6.86. The summed E-state index contributed by atoms with van der Waals surface area (Å²) in [7, 11) is 0. The van der Waals surface area contributed by atoms with E-state index in [1.807, 2.05) is 29.2 Å². The van der Waals surface area contributed by atoms with Gasteiger partial charge < -0.3 is 4.90 Å². The van der Waals surface area contributed by atoms with Crippen molar-refractivity contribution in [2.75, 3.05) is 18.8 Å². The van der Waals surface area contributed by atoms with Gasteiger partial charge in [-0.25, -0.2) is 0 Å². The molecule has 0 spiro atoms. The number of hydrogen-bond donors (Lipinski definition) is 0. The van der Waals surface area contributed by atoms with E-state index in [-0.39, 0.29) is 17.6 Å². The number of carbonyl (C=O) groups excluding carboxylic acids is 2. The van der Waals surface area contributed by atoms with Gasteiger partial charge in [0.05, 0.1) is 5.75 Å². The Morgan fingerprint density at radius 3 is 2.32 bits per heavy atom. The molecule has 0 aromatic heterocycles. The molecule has 1 saturated heterocycles. The van der Waals surface area contributed by atoms with E-state index in [0.29, 0.717) is 5.75 Å². The maximum atomic E-state index is 12.2. The zero-order valence-corrected chi connectivity index (χ0v) is 13.9. The summed E-state index contributed by atoms with van der Waals surface area (Å²) in [6.45, 7) is 4.05. The molecule has 2 fully saturated rings. The van der Waals surface area contributed by atoms with E-state index >= 15 is 0 Å². The largest absolute Gasteiger partial charge is 0.342 e. The van der Waals surface area contributed by atoms with Crippen LogP contribution in [-0.4, -0.2) is 35.4 Å². The maximum absolute atomic E-state index is 12.2. The van der Waals surface area contributed by atoms with Crippen molar-refractivity contribution >= 4 is 23.5 Å². The van der Waals surface area contributed by atoms with Gasteiger partial charge in [-0.15, -0.1) is 11.8 Å². The first-order valence-electron chi connectivity index (χ1n) is 8.18. The fourth-order valence-corrected chi connectivity index (χ4v) is 3.59. The van der Waals surface area contributed by atoms with Crippen LogP contribution in [0.1, 0.15) is 43.0 Å². The van der Waals surface area contributed by atoms with Gasteiger partial charge in [0.2, 0.25) is 5.91 Å². The third-order valence-electron chi connectivity index (χ3n) is 4.59. The first-order valence-corrected chi connectivity index (χ1v) is 9.17. The van der Waals surface area contributed by atoms with Crippen molar-refractivity contribution in [2.24, 2.45) is 11.8 Å². The van der Waals surface area contributed by atoms with E-state index in [4.69, 9.17) is 0 Å². The molecule has 0 radical (unpaired) electrons. The molecule has 1 aliphatic carbocycles. The topological polar surface area (TPSA) is 37.4 Å². The second-order valence-electron chi connectivity index (χ2n) is 6.51. The van der Waals surface area contributed by atoms with Gasteiger partial charge in [0.25, 0.3) is 0 Å². The monoisotopic (exact) mass is 317 g/mol. The van der Waals surface area contributed by atoms with Crippen molar-refractivity contribution in [2.45, 2.75) is 37.5 Å². The molecule has 0 unspecified atom stereocenters. The third kappa shape index (κ3) is 3.92. The zero-order chi connectivity index (χ0) is 15.5. The number of amides is 1. The van der Waals surface area contributed by atoms with E-state index in [1.54, 1.807) is 11.8 Å². The smallest absolute Gasteiger partial charge is 0.232 e. The van der Waals surface area contributed by atoms with Gasteiger partial charge in [-0.3, -0.25) is 9.59 Å². The summed E-state index contributed by atoms with van der Waals surface area (Å²) in [5.74, 6) is 2.00. The van der Waals surface area contributed by atoms with E-state index in [1.165, 1.54) is 0 Å². The van der Waals surface area contributed by atoms with Crippen molar-refractivity contribution in [3.8, 4) is 0 Å². The fraction of sp³-hybridized carbons (Fsp3) is 0.556. The molecule has 1 amide bonds. The second-order valence-corrected chi connectivity index (χ2v) is 7.56. The predicted octanol–water partition coefficient (Wildman–Crippen LogP) is 3.63. The summed E-state index contributed by atoms with van der Waals surface area (Å²) in [4.78, 5) is 27.2. The summed E-state index contributed by atoms with van der Waals surface area (Å²) >= 11 is 1.56. The van der Waals surface area contributed by atoms with Gasteiger partial charge in [0, 0.05) is 29.5 Å². The summed E-state index contributed by atoms with van der Waals surface area (Å²) < 4.78 is 0. The molecule has 3 rings (SSSR count). The standard InChI is InChI=1S/C18H23NO2S/c1-13-8-10-19(11-9-13)17(20)12-22-16-6-4-15(5-7-16)18(21)14-2-3-14/h4-7,13-14H,2-3,8-12H2,1H3. The Kier molecular flexibility index (Phi) is 4.87. The SMILES string of the molecule is CC1CCN(C(=O)CSc2ccc(C(=O)C3CC3)cc2)CC1. The third-order valence-corrected chi connectivity index (χ3v) is 5.58. The first kappa shape index (κ1) is 15.6. The summed E-state index contributed by atoms with van der Waals surface area (Å²) in [6, 6.07) is 7.73. The van der Waals surface area contributed by atoms with Crippen LogP contribution in [0.25, 0.3) is 0 Å². The highest BCUT2D eigenvalue weighted by molar-refractivity contribution is 8.00. The van der Waals surface area contributed by atoms with E-state index in [2.05, 4.69) is 6.92 Å². The van der Waals surface area contributed by atoms with Gasteiger partial charge in [-0.2, -0.15) is 0 Å². The van der Waals surface area contributed by atoms with E-state index in [0.717, 1.165) is 55.1 Å². The molecule has 118 valence electrons. The lowest BCUT2D eigenvalue weighted by Gasteiger charge is -2.30. The van der Waals surface area contributed by atoms with Gasteiger partial charge in [-0.05, 0) is 43.7 Å². The predicted molar refractivity (Wildman–Crippen MR) is 89.2 cm³/mol. The number of rotatable bonds is 5. The highest BCUT2D eigenvalue weighted by atomic mass is 32.2. The van der Waals surface area contributed by atoms with Gasteiger partial charge >= 0.3 is 0 Å². The molecule has 0 atom stereocenters. The van der Waals surface area contributed by atoms with Crippen LogP contribution in [0.5, 0.6) is 0 Å². The Labute approximate surface area is 136 Å². The average molecular weight is 317 g/mol. The number of benzene rings is 1. The van der Waals surface area contributed by atoms with Crippen molar-refractivity contribution in [3.63, 3.8) is 0 Å². The number of ketones is 1. The summed E-state index contributed by atoms with van der Waals surface area (Å²) in [5, 5.41) is 0. The van der Waals surface area contributed by atoms with Crippen molar-refractivity contribution < 1.29 is 9.59 Å². The molecule has 22 heavy (non-hydrogen) atoms. The fourth-order valence-electron chi connectivity index (χ4n) is 2.79. The lowest BCUT2D eigenvalue weighted by Crippen LogP contribution is -2.38. The molecule has 4 heteroatoms. The van der Waals surface area contributed by atoms with Crippen LogP contribution in [0.15, 0.2) is 29.2 Å². The number of nitrogens with zero attached hydrogens (tertiary/aromatic N) is 1. The normalized spacial score (nSPS) is 19.2. The minimum Gasteiger partial charge on any atom is -0.342 e. The van der Waals surface area contributed by atoms with Crippen LogP contribution < -0.4 is 0 Å². The van der Waals surface area contributed by atoms with E-state index < -0.39 is 0 Å². The Balaban J connectivity index is 1.48. The maximum Gasteiger partial charge on any atom is 0.232 e. The zero-order valence-electron chi connectivity index (χ0n) is 13.1. The van der Waals surface area contributed by atoms with Gasteiger partial charge in [0.15, 0.2) is 5.78 Å². The summed E-state index contributed by atoms with van der Waals surface area (Å²) in [5.41, 5.74) is 0.809. The number of likely N-dealkylation sites (tertiary alicyclic amines) is 1. The van der Waals surface area contributed by atoms with Crippen LogP contribution in [-0.2, 0) is 4.79 Å². The van der Waals surface area contributed by atoms with Crippen molar-refractivity contribution in [1.29, 1.82) is 0 Å². The van der Waals surface area contributed by atoms with Crippen molar-refractivity contribution in [3.05, 3.63) is 29.8 Å². The number of thioether (sulfide) groups is 1. The quantitative estimate of drug-likeness (QED) is 0.615. The Morgan fingerprint density at radius 1 is 1.09 bits per heavy atom. The van der Waals surface area contributed by atoms with Gasteiger partial charge in [-0.1, -0.05) is 19.1 Å². The Bertz CT molecular complexity index is 543.